The molecule has 0 aromatic heterocycles. The van der Waals surface area contributed by atoms with Gasteiger partial charge in [0.2, 0.25) is 0 Å². The number of nitro groups is 1. The van der Waals surface area contributed by atoms with Crippen molar-refractivity contribution in [1.82, 2.24) is 4.90 Å². The number of nitrogens with zero attached hydrogens (tertiary/aromatic N) is 3. The van der Waals surface area contributed by atoms with Crippen molar-refractivity contribution >= 4 is 17.5 Å². The molecule has 0 N–H and O–H groups in total. The predicted molar refractivity (Wildman–Crippen MR) is 111 cm³/mol. The van der Waals surface area contributed by atoms with Gasteiger partial charge in [0.05, 0.1) is 16.6 Å². The molecule has 8 nitrogen and oxygen atoms in total. The molecule has 0 unspecified atom stereocenters. The van der Waals surface area contributed by atoms with Crippen molar-refractivity contribution in [3.05, 3.63) is 28.3 Å². The Morgan fingerprint density at radius 2 is 1.97 bits per heavy atom. The van der Waals surface area contributed by atoms with E-state index in [9.17, 15) is 14.9 Å². The van der Waals surface area contributed by atoms with Crippen LogP contribution >= 0.6 is 0 Å². The topological polar surface area (TPSA) is 85.2 Å². The van der Waals surface area contributed by atoms with Gasteiger partial charge in [0, 0.05) is 37.5 Å². The van der Waals surface area contributed by atoms with Crippen LogP contribution in [0.5, 0.6) is 5.75 Å². The van der Waals surface area contributed by atoms with E-state index in [4.69, 9.17) is 9.47 Å². The van der Waals surface area contributed by atoms with Gasteiger partial charge in [-0.15, -0.1) is 0 Å². The Hall–Kier alpha value is -2.51. The molecule has 2 fully saturated rings. The number of carbonyl (C=O) groups excluding carboxylic acids is 1. The standard InChI is InChI=1S/C21H31N3O5/c1-15(2)28-18-13-16(7-8-17(18)24(26)27)22-12-10-21(14-22)9-6-11-23(21)19(25)29-20(3,4)5/h7-8,13,15H,6,9-12,14H2,1-5H3/t21-/m0/s1. The number of hydrogen-bond acceptors (Lipinski definition) is 6. The van der Waals surface area contributed by atoms with Gasteiger partial charge in [0.15, 0.2) is 5.75 Å². The quantitative estimate of drug-likeness (QED) is 0.546. The summed E-state index contributed by atoms with van der Waals surface area (Å²) >= 11 is 0. The molecule has 8 heteroatoms. The SMILES string of the molecule is CC(C)Oc1cc(N2CC[C@@]3(CCCN3C(=O)OC(C)(C)C)C2)ccc1[N+](=O)[O-]. The van der Waals surface area contributed by atoms with Gasteiger partial charge in [0.1, 0.15) is 5.60 Å². The van der Waals surface area contributed by atoms with Crippen LogP contribution in [0.2, 0.25) is 0 Å². The van der Waals surface area contributed by atoms with E-state index in [1.165, 1.54) is 6.07 Å². The fourth-order valence-electron chi connectivity index (χ4n) is 4.24. The lowest BCUT2D eigenvalue weighted by Crippen LogP contribution is -2.50. The third-order valence-corrected chi connectivity index (χ3v) is 5.41. The van der Waals surface area contributed by atoms with Crippen LogP contribution < -0.4 is 9.64 Å². The minimum atomic E-state index is -0.527. The maximum absolute atomic E-state index is 12.8. The molecule has 1 atom stereocenters. The van der Waals surface area contributed by atoms with E-state index in [-0.39, 0.29) is 29.2 Å². The van der Waals surface area contributed by atoms with Crippen molar-refractivity contribution in [1.29, 1.82) is 0 Å². The van der Waals surface area contributed by atoms with Gasteiger partial charge < -0.3 is 19.3 Å². The van der Waals surface area contributed by atoms with E-state index < -0.39 is 10.5 Å². The minimum absolute atomic E-state index is 0.0346. The second-order valence-corrected chi connectivity index (χ2v) is 9.21. The summed E-state index contributed by atoms with van der Waals surface area (Å²) in [6, 6.07) is 5.00. The fraction of sp³-hybridized carbons (Fsp3) is 0.667. The third-order valence-electron chi connectivity index (χ3n) is 5.41. The van der Waals surface area contributed by atoms with Crippen molar-refractivity contribution in [2.45, 2.75) is 71.1 Å². The average Bonchev–Trinajstić information content (AvgIpc) is 3.20. The lowest BCUT2D eigenvalue weighted by molar-refractivity contribution is -0.386. The summed E-state index contributed by atoms with van der Waals surface area (Å²) < 4.78 is 11.3. The second kappa shape index (κ2) is 7.72. The molecule has 0 aliphatic carbocycles. The van der Waals surface area contributed by atoms with Crippen molar-refractivity contribution < 1.29 is 19.2 Å². The van der Waals surface area contributed by atoms with Gasteiger partial charge in [0.25, 0.3) is 0 Å². The number of likely N-dealkylation sites (tertiary alicyclic amines) is 1. The Balaban J connectivity index is 1.81. The number of rotatable bonds is 4. The van der Waals surface area contributed by atoms with E-state index in [1.54, 1.807) is 12.1 Å². The first-order chi connectivity index (χ1) is 13.5. The van der Waals surface area contributed by atoms with Crippen LogP contribution in [0.4, 0.5) is 16.2 Å². The Kier molecular flexibility index (Phi) is 5.65. The number of hydrogen-bond donors (Lipinski definition) is 0. The number of anilines is 1. The number of amides is 1. The van der Waals surface area contributed by atoms with E-state index in [1.807, 2.05) is 39.5 Å². The average molecular weight is 405 g/mol. The highest BCUT2D eigenvalue weighted by Crippen LogP contribution is 2.41. The third kappa shape index (κ3) is 4.57. The molecule has 3 rings (SSSR count). The van der Waals surface area contributed by atoms with Gasteiger partial charge in [-0.25, -0.2) is 4.79 Å². The van der Waals surface area contributed by atoms with Crippen LogP contribution in [0.1, 0.15) is 53.9 Å². The molecule has 1 spiro atoms. The molecular weight excluding hydrogens is 374 g/mol. The van der Waals surface area contributed by atoms with Crippen molar-refractivity contribution in [2.75, 3.05) is 24.5 Å². The molecular formula is C21H31N3O5. The molecule has 1 amide bonds. The Bertz CT molecular complexity index is 789. The lowest BCUT2D eigenvalue weighted by Gasteiger charge is -2.36. The molecule has 29 heavy (non-hydrogen) atoms. The lowest BCUT2D eigenvalue weighted by atomic mass is 9.95. The van der Waals surface area contributed by atoms with Gasteiger partial charge in [-0.3, -0.25) is 10.1 Å². The molecule has 160 valence electrons. The number of ether oxygens (including phenoxy) is 2. The van der Waals surface area contributed by atoms with Crippen LogP contribution in [0.3, 0.4) is 0 Å². The maximum atomic E-state index is 12.8. The molecule has 2 aliphatic rings. The maximum Gasteiger partial charge on any atom is 0.410 e. The molecule has 2 aliphatic heterocycles. The monoisotopic (exact) mass is 405 g/mol. The van der Waals surface area contributed by atoms with Gasteiger partial charge >= 0.3 is 11.8 Å². The van der Waals surface area contributed by atoms with Crippen LogP contribution in [0.15, 0.2) is 18.2 Å². The zero-order valence-electron chi connectivity index (χ0n) is 17.9. The normalized spacial score (nSPS) is 21.9. The Morgan fingerprint density at radius 1 is 1.24 bits per heavy atom. The molecule has 2 heterocycles. The van der Waals surface area contributed by atoms with Crippen LogP contribution in [0, 0.1) is 10.1 Å². The van der Waals surface area contributed by atoms with E-state index in [0.29, 0.717) is 13.1 Å². The zero-order valence-corrected chi connectivity index (χ0v) is 17.9. The molecule has 0 saturated carbocycles. The van der Waals surface area contributed by atoms with E-state index >= 15 is 0 Å². The van der Waals surface area contributed by atoms with Gasteiger partial charge in [-0.2, -0.15) is 0 Å². The number of nitro benzene ring substituents is 1. The van der Waals surface area contributed by atoms with Crippen molar-refractivity contribution in [3.8, 4) is 5.75 Å². The Morgan fingerprint density at radius 3 is 2.59 bits per heavy atom. The highest BCUT2D eigenvalue weighted by Gasteiger charge is 2.49. The molecule has 0 radical (unpaired) electrons. The Labute approximate surface area is 171 Å². The predicted octanol–water partition coefficient (Wildman–Crippen LogP) is 4.36. The number of benzene rings is 1. The van der Waals surface area contributed by atoms with E-state index in [2.05, 4.69) is 4.90 Å². The first kappa shape index (κ1) is 21.2. The minimum Gasteiger partial charge on any atom is -0.484 e. The van der Waals surface area contributed by atoms with Crippen LogP contribution in [-0.2, 0) is 4.74 Å². The summed E-state index contributed by atoms with van der Waals surface area (Å²) in [5, 5.41) is 11.3. The van der Waals surface area contributed by atoms with Crippen LogP contribution in [0.25, 0.3) is 0 Å². The summed E-state index contributed by atoms with van der Waals surface area (Å²) in [4.78, 5) is 27.7. The smallest absolute Gasteiger partial charge is 0.410 e. The van der Waals surface area contributed by atoms with Crippen LogP contribution in [-0.4, -0.2) is 52.8 Å². The summed E-state index contributed by atoms with van der Waals surface area (Å²) in [7, 11) is 0. The van der Waals surface area contributed by atoms with Gasteiger partial charge in [-0.05, 0) is 59.9 Å². The highest BCUT2D eigenvalue weighted by molar-refractivity contribution is 5.70. The van der Waals surface area contributed by atoms with E-state index in [0.717, 1.165) is 31.5 Å². The summed E-state index contributed by atoms with van der Waals surface area (Å²) in [6.45, 7) is 11.5. The zero-order chi connectivity index (χ0) is 21.4. The van der Waals surface area contributed by atoms with Crippen molar-refractivity contribution in [2.24, 2.45) is 0 Å². The first-order valence-corrected chi connectivity index (χ1v) is 10.2. The molecule has 2 saturated heterocycles. The van der Waals surface area contributed by atoms with Gasteiger partial charge in [-0.1, -0.05) is 0 Å². The molecule has 1 aromatic rings. The molecule has 0 bridgehead atoms. The largest absolute Gasteiger partial charge is 0.484 e. The fourth-order valence-corrected chi connectivity index (χ4v) is 4.24. The summed E-state index contributed by atoms with van der Waals surface area (Å²) in [6.07, 6.45) is 2.32. The summed E-state index contributed by atoms with van der Waals surface area (Å²) in [5.41, 5.74) is 0.0656. The second-order valence-electron chi connectivity index (χ2n) is 9.21. The number of carbonyl (C=O) groups is 1. The highest BCUT2D eigenvalue weighted by atomic mass is 16.6. The first-order valence-electron chi connectivity index (χ1n) is 10.2. The summed E-state index contributed by atoms with van der Waals surface area (Å²) in [5.74, 6) is 0.277. The van der Waals surface area contributed by atoms with Crippen molar-refractivity contribution in [3.63, 3.8) is 0 Å². The molecule has 1 aromatic carbocycles.